The van der Waals surface area contributed by atoms with E-state index in [1.54, 1.807) is 0 Å². The van der Waals surface area contributed by atoms with Crippen molar-refractivity contribution in [1.82, 2.24) is 5.32 Å². The van der Waals surface area contributed by atoms with E-state index in [4.69, 9.17) is 0 Å². The zero-order valence-electron chi connectivity index (χ0n) is 9.58. The Balaban J connectivity index is 2.60. The Morgan fingerprint density at radius 1 is 1.33 bits per heavy atom. The average Bonchev–Trinajstić information content (AvgIpc) is 2.12. The normalized spacial score (nSPS) is 18.1. The maximum atomic E-state index is 11.9. The molecule has 1 fully saturated rings. The van der Waals surface area contributed by atoms with Crippen molar-refractivity contribution in [2.75, 3.05) is 7.11 Å². The van der Waals surface area contributed by atoms with Gasteiger partial charge in [-0.05, 0) is 18.8 Å². The molecule has 0 aromatic carbocycles. The Hall–Kier alpha value is -1.06. The van der Waals surface area contributed by atoms with Gasteiger partial charge in [0.1, 0.15) is 0 Å². The van der Waals surface area contributed by atoms with E-state index in [0.717, 1.165) is 19.3 Å². The van der Waals surface area contributed by atoms with Crippen LogP contribution in [0.25, 0.3) is 0 Å². The number of ether oxygens (including phenoxy) is 1. The molecule has 86 valence electrons. The summed E-state index contributed by atoms with van der Waals surface area (Å²) in [7, 11) is 1.31. The number of hydrogen-bond acceptors (Lipinski definition) is 3. The molecule has 0 radical (unpaired) electrons. The van der Waals surface area contributed by atoms with E-state index < -0.39 is 6.09 Å². The van der Waals surface area contributed by atoms with Crippen molar-refractivity contribution in [3.05, 3.63) is 0 Å². The molecule has 1 aliphatic rings. The molecular weight excluding hydrogens is 194 g/mol. The minimum absolute atomic E-state index is 0.0484. The Labute approximate surface area is 90.4 Å². The van der Waals surface area contributed by atoms with Crippen molar-refractivity contribution < 1.29 is 14.3 Å². The highest BCUT2D eigenvalue weighted by atomic mass is 16.5. The van der Waals surface area contributed by atoms with E-state index in [1.165, 1.54) is 7.11 Å². The fourth-order valence-electron chi connectivity index (χ4n) is 1.74. The summed E-state index contributed by atoms with van der Waals surface area (Å²) in [5.41, 5.74) is 0. The molecule has 1 amide bonds. The van der Waals surface area contributed by atoms with Gasteiger partial charge in [-0.1, -0.05) is 20.3 Å². The van der Waals surface area contributed by atoms with E-state index >= 15 is 0 Å². The second kappa shape index (κ2) is 5.14. The molecule has 4 heteroatoms. The minimum Gasteiger partial charge on any atom is -0.453 e. The van der Waals surface area contributed by atoms with Gasteiger partial charge in [0.05, 0.1) is 13.2 Å². The Bertz CT molecular complexity index is 246. The fraction of sp³-hybridized carbons (Fsp3) is 0.818. The van der Waals surface area contributed by atoms with Crippen LogP contribution >= 0.6 is 0 Å². The first-order valence-electron chi connectivity index (χ1n) is 5.44. The zero-order valence-corrected chi connectivity index (χ0v) is 9.58. The number of hydrogen-bond donors (Lipinski definition) is 1. The number of carbonyl (C=O) groups is 2. The highest BCUT2D eigenvalue weighted by Crippen LogP contribution is 2.31. The molecule has 4 nitrogen and oxygen atoms in total. The first kappa shape index (κ1) is 12.0. The summed E-state index contributed by atoms with van der Waals surface area (Å²) < 4.78 is 4.53. The van der Waals surface area contributed by atoms with Gasteiger partial charge in [0, 0.05) is 5.92 Å². The van der Waals surface area contributed by atoms with Gasteiger partial charge >= 0.3 is 6.09 Å². The maximum absolute atomic E-state index is 11.9. The van der Waals surface area contributed by atoms with Gasteiger partial charge in [-0.2, -0.15) is 0 Å². The van der Waals surface area contributed by atoms with E-state index in [2.05, 4.69) is 10.1 Å². The number of amides is 1. The lowest BCUT2D eigenvalue weighted by Crippen LogP contribution is -2.49. The first-order chi connectivity index (χ1) is 7.06. The van der Waals surface area contributed by atoms with Crippen LogP contribution in [0.2, 0.25) is 0 Å². The lowest BCUT2D eigenvalue weighted by atomic mass is 9.76. The smallest absolute Gasteiger partial charge is 0.407 e. The maximum Gasteiger partial charge on any atom is 0.407 e. The van der Waals surface area contributed by atoms with Crippen LogP contribution in [0.5, 0.6) is 0 Å². The lowest BCUT2D eigenvalue weighted by Gasteiger charge is -2.33. The van der Waals surface area contributed by atoms with Gasteiger partial charge in [-0.3, -0.25) is 4.79 Å². The second-order valence-electron chi connectivity index (χ2n) is 4.36. The predicted molar refractivity (Wildman–Crippen MR) is 56.5 cm³/mol. The summed E-state index contributed by atoms with van der Waals surface area (Å²) in [5, 5.41) is 2.64. The summed E-state index contributed by atoms with van der Waals surface area (Å²) in [5.74, 6) is 0.358. The van der Waals surface area contributed by atoms with Crippen LogP contribution in [0, 0.1) is 11.8 Å². The van der Waals surface area contributed by atoms with Gasteiger partial charge in [-0.25, -0.2) is 4.79 Å². The number of methoxy groups -OCH3 is 1. The standard InChI is InChI=1S/C11H19NO3/c1-7(2)10(13)9(8-5-4-6-8)12-11(14)15-3/h7-9H,4-6H2,1-3H3,(H,12,14). The van der Waals surface area contributed by atoms with Crippen LogP contribution in [0.1, 0.15) is 33.1 Å². The van der Waals surface area contributed by atoms with Crippen LogP contribution in [0.4, 0.5) is 4.79 Å². The van der Waals surface area contributed by atoms with E-state index in [0.29, 0.717) is 5.92 Å². The molecule has 1 rings (SSSR count). The highest BCUT2D eigenvalue weighted by molar-refractivity contribution is 5.89. The van der Waals surface area contributed by atoms with E-state index in [1.807, 2.05) is 13.8 Å². The molecule has 1 unspecified atom stereocenters. The van der Waals surface area contributed by atoms with Crippen molar-refractivity contribution in [3.63, 3.8) is 0 Å². The molecule has 15 heavy (non-hydrogen) atoms. The Morgan fingerprint density at radius 3 is 2.27 bits per heavy atom. The number of nitrogens with one attached hydrogen (secondary N) is 1. The number of rotatable bonds is 4. The SMILES string of the molecule is COC(=O)NC(C(=O)C(C)C)C1CCC1. The van der Waals surface area contributed by atoms with E-state index in [-0.39, 0.29) is 17.7 Å². The average molecular weight is 213 g/mol. The molecule has 0 saturated heterocycles. The van der Waals surface area contributed by atoms with Gasteiger partial charge in [0.25, 0.3) is 0 Å². The molecule has 1 N–H and O–H groups in total. The number of ketones is 1. The van der Waals surface area contributed by atoms with Gasteiger partial charge in [0.15, 0.2) is 5.78 Å². The van der Waals surface area contributed by atoms with E-state index in [9.17, 15) is 9.59 Å². The van der Waals surface area contributed by atoms with Crippen LogP contribution in [-0.4, -0.2) is 25.0 Å². The summed E-state index contributed by atoms with van der Waals surface area (Å²) in [4.78, 5) is 23.0. The molecule has 0 spiro atoms. The molecule has 0 heterocycles. The first-order valence-corrected chi connectivity index (χ1v) is 5.44. The molecule has 1 atom stereocenters. The topological polar surface area (TPSA) is 55.4 Å². The Kier molecular flexibility index (Phi) is 4.12. The summed E-state index contributed by atoms with van der Waals surface area (Å²) in [6, 6.07) is -0.355. The van der Waals surface area contributed by atoms with Crippen LogP contribution in [-0.2, 0) is 9.53 Å². The van der Waals surface area contributed by atoms with Crippen molar-refractivity contribution in [2.24, 2.45) is 11.8 Å². The summed E-state index contributed by atoms with van der Waals surface area (Å²) in [6.07, 6.45) is 2.68. The fourth-order valence-corrected chi connectivity index (χ4v) is 1.74. The van der Waals surface area contributed by atoms with Crippen molar-refractivity contribution in [3.8, 4) is 0 Å². The van der Waals surface area contributed by atoms with Gasteiger partial charge in [0.2, 0.25) is 0 Å². The van der Waals surface area contributed by atoms with Crippen molar-refractivity contribution in [1.29, 1.82) is 0 Å². The zero-order chi connectivity index (χ0) is 11.4. The molecule has 1 aliphatic carbocycles. The van der Waals surface area contributed by atoms with Crippen LogP contribution in [0.3, 0.4) is 0 Å². The predicted octanol–water partition coefficient (Wildman–Crippen LogP) is 1.74. The van der Waals surface area contributed by atoms with Crippen LogP contribution < -0.4 is 5.32 Å². The van der Waals surface area contributed by atoms with Crippen LogP contribution in [0.15, 0.2) is 0 Å². The van der Waals surface area contributed by atoms with Crippen molar-refractivity contribution in [2.45, 2.75) is 39.2 Å². The second-order valence-corrected chi connectivity index (χ2v) is 4.36. The van der Waals surface area contributed by atoms with Gasteiger partial charge in [-0.15, -0.1) is 0 Å². The summed E-state index contributed by atoms with van der Waals surface area (Å²) >= 11 is 0. The molecule has 0 bridgehead atoms. The third-order valence-corrected chi connectivity index (χ3v) is 2.96. The molecule has 0 aromatic heterocycles. The summed E-state index contributed by atoms with van der Waals surface area (Å²) in [6.45, 7) is 3.71. The third kappa shape index (κ3) is 2.94. The minimum atomic E-state index is -0.513. The quantitative estimate of drug-likeness (QED) is 0.773. The highest BCUT2D eigenvalue weighted by Gasteiger charge is 2.34. The molecule has 0 aromatic rings. The molecule has 0 aliphatic heterocycles. The monoisotopic (exact) mass is 213 g/mol. The third-order valence-electron chi connectivity index (χ3n) is 2.96. The van der Waals surface area contributed by atoms with Gasteiger partial charge < -0.3 is 10.1 Å². The number of carbonyl (C=O) groups excluding carboxylic acids is 2. The largest absolute Gasteiger partial charge is 0.453 e. The lowest BCUT2D eigenvalue weighted by molar-refractivity contribution is -0.126. The van der Waals surface area contributed by atoms with Crippen molar-refractivity contribution >= 4 is 11.9 Å². The molecule has 1 saturated carbocycles. The molecular formula is C11H19NO3. The number of alkyl carbamates (subject to hydrolysis) is 1. The Morgan fingerprint density at radius 2 is 1.93 bits per heavy atom. The number of Topliss-reactive ketones (excluding diaryl/α,β-unsaturated/α-hetero) is 1.